The Hall–Kier alpha value is -3.35. The average Bonchev–Trinajstić information content (AvgIpc) is 3.32. The third kappa shape index (κ3) is 4.96. The van der Waals surface area contributed by atoms with Crippen molar-refractivity contribution in [3.8, 4) is 0 Å². The van der Waals surface area contributed by atoms with Crippen LogP contribution < -0.4 is 4.90 Å². The number of rotatable bonds is 5. The molecular formula is C30H32ClN5O. The summed E-state index contributed by atoms with van der Waals surface area (Å²) in [6.07, 6.45) is 9.46. The molecule has 0 bridgehead atoms. The smallest absolute Gasteiger partial charge is 0.256 e. The zero-order chi connectivity index (χ0) is 25.2. The number of pyridine rings is 1. The molecule has 1 atom stereocenters. The lowest BCUT2D eigenvalue weighted by molar-refractivity contribution is 0.0747. The van der Waals surface area contributed by atoms with Crippen molar-refractivity contribution < 1.29 is 4.79 Å². The number of amides is 1. The molecule has 0 N–H and O–H groups in total. The second kappa shape index (κ2) is 10.6. The molecule has 0 saturated carbocycles. The van der Waals surface area contributed by atoms with Crippen LogP contribution in [-0.2, 0) is 6.67 Å². The van der Waals surface area contributed by atoms with Crippen LogP contribution in [-0.4, -0.2) is 58.0 Å². The van der Waals surface area contributed by atoms with Gasteiger partial charge in [0.25, 0.3) is 5.91 Å². The molecule has 0 spiro atoms. The molecule has 4 heterocycles. The zero-order valence-electron chi connectivity index (χ0n) is 21.0. The molecule has 2 aromatic carbocycles. The Balaban J connectivity index is 1.22. The van der Waals surface area contributed by atoms with Crippen LogP contribution in [0.15, 0.2) is 79.3 Å². The molecule has 7 heteroatoms. The summed E-state index contributed by atoms with van der Waals surface area (Å²) in [6, 6.07) is 20.8. The topological polar surface area (TPSA) is 44.6 Å². The van der Waals surface area contributed by atoms with Gasteiger partial charge in [0.2, 0.25) is 0 Å². The summed E-state index contributed by atoms with van der Waals surface area (Å²) in [5, 5.41) is 1.77. The number of carbonyl (C=O) groups is 1. The third-order valence-corrected chi connectivity index (χ3v) is 8.01. The molecular weight excluding hydrogens is 482 g/mol. The number of piperidine rings is 1. The van der Waals surface area contributed by atoms with Crippen LogP contribution in [0, 0.1) is 0 Å². The van der Waals surface area contributed by atoms with Gasteiger partial charge in [-0.15, -0.1) is 0 Å². The van der Waals surface area contributed by atoms with E-state index in [0.29, 0.717) is 19.1 Å². The normalized spacial score (nSPS) is 18.9. The Morgan fingerprint density at radius 3 is 2.62 bits per heavy atom. The van der Waals surface area contributed by atoms with E-state index in [-0.39, 0.29) is 5.91 Å². The van der Waals surface area contributed by atoms with Gasteiger partial charge in [-0.3, -0.25) is 14.7 Å². The molecule has 6 nitrogen and oxygen atoms in total. The monoisotopic (exact) mass is 513 g/mol. The summed E-state index contributed by atoms with van der Waals surface area (Å²) in [4.78, 5) is 24.9. The summed E-state index contributed by atoms with van der Waals surface area (Å²) >= 11 is 6.19. The van der Waals surface area contributed by atoms with E-state index in [1.165, 1.54) is 18.4 Å². The van der Waals surface area contributed by atoms with Crippen LogP contribution in [0.3, 0.4) is 0 Å². The van der Waals surface area contributed by atoms with E-state index in [0.717, 1.165) is 59.9 Å². The van der Waals surface area contributed by atoms with Crippen LogP contribution >= 0.6 is 11.6 Å². The van der Waals surface area contributed by atoms with Gasteiger partial charge < -0.3 is 14.4 Å². The van der Waals surface area contributed by atoms with Crippen molar-refractivity contribution in [3.05, 3.63) is 95.4 Å². The number of anilines is 1. The molecule has 0 unspecified atom stereocenters. The van der Waals surface area contributed by atoms with Gasteiger partial charge in [0.15, 0.2) is 0 Å². The maximum atomic E-state index is 13.8. The fourth-order valence-electron chi connectivity index (χ4n) is 5.85. The fraction of sp³-hybridized carbons (Fsp3) is 0.333. The first-order valence-electron chi connectivity index (χ1n) is 13.2. The number of halogens is 1. The zero-order valence-corrected chi connectivity index (χ0v) is 21.7. The lowest BCUT2D eigenvalue weighted by atomic mass is 9.97. The van der Waals surface area contributed by atoms with Crippen molar-refractivity contribution in [2.24, 2.45) is 0 Å². The quantitative estimate of drug-likeness (QED) is 0.336. The summed E-state index contributed by atoms with van der Waals surface area (Å²) in [7, 11) is 0. The maximum absolute atomic E-state index is 13.8. The van der Waals surface area contributed by atoms with Crippen molar-refractivity contribution in [3.63, 3.8) is 0 Å². The number of carbonyl (C=O) groups excluding carboxylic acids is 1. The minimum atomic E-state index is 0.114. The first-order chi connectivity index (χ1) is 18.2. The Labute approximate surface area is 223 Å². The van der Waals surface area contributed by atoms with E-state index in [1.54, 1.807) is 0 Å². The molecule has 4 aromatic rings. The van der Waals surface area contributed by atoms with Gasteiger partial charge in [0.05, 0.1) is 12.2 Å². The van der Waals surface area contributed by atoms with Crippen LogP contribution in [0.1, 0.15) is 41.2 Å². The minimum absolute atomic E-state index is 0.114. The van der Waals surface area contributed by atoms with Crippen molar-refractivity contribution in [2.45, 2.75) is 32.0 Å². The number of benzene rings is 2. The average molecular weight is 514 g/mol. The molecule has 1 amide bonds. The molecule has 2 aliphatic heterocycles. The fourth-order valence-corrected chi connectivity index (χ4v) is 6.04. The Morgan fingerprint density at radius 2 is 1.81 bits per heavy atom. The molecule has 2 aromatic heterocycles. The van der Waals surface area contributed by atoms with E-state index in [2.05, 4.69) is 55.9 Å². The first kappa shape index (κ1) is 24.0. The molecule has 2 fully saturated rings. The van der Waals surface area contributed by atoms with Gasteiger partial charge in [-0.1, -0.05) is 48.4 Å². The number of likely N-dealkylation sites (tertiary alicyclic amines) is 1. The molecule has 6 rings (SSSR count). The number of para-hydroxylation sites is 1. The maximum Gasteiger partial charge on any atom is 0.256 e. The van der Waals surface area contributed by atoms with E-state index in [1.807, 2.05) is 47.6 Å². The number of hydrogen-bond donors (Lipinski definition) is 0. The predicted octanol–water partition coefficient (Wildman–Crippen LogP) is 5.84. The van der Waals surface area contributed by atoms with Gasteiger partial charge in [0.1, 0.15) is 0 Å². The predicted molar refractivity (Wildman–Crippen MR) is 149 cm³/mol. The van der Waals surface area contributed by atoms with Crippen LogP contribution in [0.2, 0.25) is 5.02 Å². The van der Waals surface area contributed by atoms with Crippen LogP contribution in [0.4, 0.5) is 5.69 Å². The van der Waals surface area contributed by atoms with Crippen molar-refractivity contribution in [2.75, 3.05) is 37.6 Å². The minimum Gasteiger partial charge on any atom is -0.368 e. The highest BCUT2D eigenvalue weighted by atomic mass is 35.5. The van der Waals surface area contributed by atoms with E-state index >= 15 is 0 Å². The lowest BCUT2D eigenvalue weighted by Gasteiger charge is -2.36. The standard InChI is InChI=1S/C30H32ClN5O/c31-24-8-5-9-25(19-24)33-15-17-34(18-16-33)30(37)27-21-36(29-12-2-1-10-26(27)29)22-35-14-4-3-11-28(35)23-7-6-13-32-20-23/h1-2,5-10,12-13,19-21,28H,3-4,11,14-18,22H2/t28-/m1/s1. The van der Waals surface area contributed by atoms with Gasteiger partial charge >= 0.3 is 0 Å². The van der Waals surface area contributed by atoms with Gasteiger partial charge in [-0.2, -0.15) is 0 Å². The SMILES string of the molecule is O=C(c1cn(CN2CCCC[C@@H]2c2cccnc2)c2ccccc12)N1CCN(c2cccc(Cl)c2)CC1. The number of hydrogen-bond acceptors (Lipinski definition) is 4. The third-order valence-electron chi connectivity index (χ3n) is 7.78. The number of aromatic nitrogens is 2. The summed E-state index contributed by atoms with van der Waals surface area (Å²) in [5.41, 5.74) is 4.29. The van der Waals surface area contributed by atoms with Crippen LogP contribution in [0.25, 0.3) is 10.9 Å². The highest BCUT2D eigenvalue weighted by Crippen LogP contribution is 2.32. The molecule has 2 saturated heterocycles. The number of nitrogens with zero attached hydrogens (tertiary/aromatic N) is 5. The van der Waals surface area contributed by atoms with E-state index in [9.17, 15) is 4.79 Å². The van der Waals surface area contributed by atoms with Gasteiger partial charge in [-0.25, -0.2) is 0 Å². The Kier molecular flexibility index (Phi) is 6.85. The van der Waals surface area contributed by atoms with Crippen molar-refractivity contribution in [1.29, 1.82) is 0 Å². The second-order valence-electron chi connectivity index (χ2n) is 10.0. The lowest BCUT2D eigenvalue weighted by Crippen LogP contribution is -2.48. The van der Waals surface area contributed by atoms with E-state index in [4.69, 9.17) is 11.6 Å². The molecule has 190 valence electrons. The van der Waals surface area contributed by atoms with Crippen molar-refractivity contribution >= 4 is 34.1 Å². The summed E-state index contributed by atoms with van der Waals surface area (Å²) in [6.45, 7) is 4.79. The highest BCUT2D eigenvalue weighted by molar-refractivity contribution is 6.30. The molecule has 0 aliphatic carbocycles. The summed E-state index contributed by atoms with van der Waals surface area (Å²) in [5.74, 6) is 0.114. The van der Waals surface area contributed by atoms with Gasteiger partial charge in [0, 0.05) is 79.0 Å². The number of fused-ring (bicyclic) bond motifs is 1. The van der Waals surface area contributed by atoms with Gasteiger partial charge in [-0.05, 0) is 48.7 Å². The van der Waals surface area contributed by atoms with E-state index < -0.39 is 0 Å². The Bertz CT molecular complexity index is 1380. The second-order valence-corrected chi connectivity index (χ2v) is 10.5. The number of piperazine rings is 1. The summed E-state index contributed by atoms with van der Waals surface area (Å²) < 4.78 is 2.26. The highest BCUT2D eigenvalue weighted by Gasteiger charge is 2.28. The molecule has 0 radical (unpaired) electrons. The van der Waals surface area contributed by atoms with Crippen LogP contribution in [0.5, 0.6) is 0 Å². The molecule has 37 heavy (non-hydrogen) atoms. The van der Waals surface area contributed by atoms with Crippen molar-refractivity contribution in [1.82, 2.24) is 19.4 Å². The Morgan fingerprint density at radius 1 is 0.946 bits per heavy atom. The first-order valence-corrected chi connectivity index (χ1v) is 13.6. The largest absolute Gasteiger partial charge is 0.368 e. The molecule has 2 aliphatic rings.